The molecule has 1 rings (SSSR count). The fourth-order valence-electron chi connectivity index (χ4n) is 1.94. The lowest BCUT2D eigenvalue weighted by Gasteiger charge is -2.15. The van der Waals surface area contributed by atoms with Gasteiger partial charge in [-0.05, 0) is 31.4 Å². The second-order valence-electron chi connectivity index (χ2n) is 5.46. The Hall–Kier alpha value is -1.26. The molecule has 6 heteroatoms. The van der Waals surface area contributed by atoms with E-state index in [1.165, 1.54) is 6.07 Å². The predicted octanol–water partition coefficient (Wildman–Crippen LogP) is 4.66. The van der Waals surface area contributed by atoms with Crippen LogP contribution in [-0.2, 0) is 14.3 Å². The summed E-state index contributed by atoms with van der Waals surface area (Å²) in [5, 5.41) is 0.472. The SMILES string of the molecule is CC(C)CC(C)OC(=O)CCC(=O)Oc1cccc(Cl)c1Cl. The van der Waals surface area contributed by atoms with Crippen molar-refractivity contribution in [2.24, 2.45) is 5.92 Å². The first-order valence-corrected chi connectivity index (χ1v) is 7.89. The number of hydrogen-bond acceptors (Lipinski definition) is 4. The van der Waals surface area contributed by atoms with E-state index in [2.05, 4.69) is 13.8 Å². The van der Waals surface area contributed by atoms with Crippen LogP contribution in [0.1, 0.15) is 40.0 Å². The van der Waals surface area contributed by atoms with Gasteiger partial charge in [-0.25, -0.2) is 0 Å². The van der Waals surface area contributed by atoms with Crippen LogP contribution < -0.4 is 4.74 Å². The highest BCUT2D eigenvalue weighted by Crippen LogP contribution is 2.31. The van der Waals surface area contributed by atoms with Gasteiger partial charge in [0.15, 0.2) is 5.75 Å². The fourth-order valence-corrected chi connectivity index (χ4v) is 2.27. The molecule has 0 N–H and O–H groups in total. The number of hydrogen-bond donors (Lipinski definition) is 0. The molecule has 1 aromatic carbocycles. The van der Waals surface area contributed by atoms with E-state index in [4.69, 9.17) is 32.7 Å². The summed E-state index contributed by atoms with van der Waals surface area (Å²) in [5.74, 6) is -0.349. The number of halogens is 2. The molecular weight excluding hydrogens is 327 g/mol. The van der Waals surface area contributed by atoms with Crippen LogP contribution in [0, 0.1) is 5.92 Å². The van der Waals surface area contributed by atoms with E-state index in [1.54, 1.807) is 12.1 Å². The number of rotatable bonds is 7. The molecule has 0 heterocycles. The lowest BCUT2D eigenvalue weighted by molar-refractivity contribution is -0.151. The van der Waals surface area contributed by atoms with E-state index >= 15 is 0 Å². The first-order chi connectivity index (χ1) is 10.3. The van der Waals surface area contributed by atoms with Gasteiger partial charge in [-0.15, -0.1) is 0 Å². The van der Waals surface area contributed by atoms with Crippen molar-refractivity contribution < 1.29 is 19.1 Å². The highest BCUT2D eigenvalue weighted by Gasteiger charge is 2.15. The smallest absolute Gasteiger partial charge is 0.311 e. The van der Waals surface area contributed by atoms with Crippen LogP contribution >= 0.6 is 23.2 Å². The van der Waals surface area contributed by atoms with E-state index in [9.17, 15) is 9.59 Å². The zero-order valence-electron chi connectivity index (χ0n) is 12.9. The molecule has 0 aliphatic carbocycles. The second kappa shape index (κ2) is 9.01. The maximum atomic E-state index is 11.7. The monoisotopic (exact) mass is 346 g/mol. The molecule has 0 aromatic heterocycles. The van der Waals surface area contributed by atoms with Crippen molar-refractivity contribution in [2.75, 3.05) is 0 Å². The Morgan fingerprint density at radius 2 is 1.73 bits per heavy atom. The lowest BCUT2D eigenvalue weighted by Crippen LogP contribution is -2.18. The van der Waals surface area contributed by atoms with Crippen LogP contribution in [0.2, 0.25) is 10.0 Å². The summed E-state index contributed by atoms with van der Waals surface area (Å²) in [5.41, 5.74) is 0. The van der Waals surface area contributed by atoms with Gasteiger partial charge in [-0.2, -0.15) is 0 Å². The third-order valence-corrected chi connectivity index (χ3v) is 3.61. The van der Waals surface area contributed by atoms with Crippen molar-refractivity contribution in [2.45, 2.75) is 46.1 Å². The topological polar surface area (TPSA) is 52.6 Å². The minimum atomic E-state index is -0.558. The van der Waals surface area contributed by atoms with Gasteiger partial charge < -0.3 is 9.47 Å². The van der Waals surface area contributed by atoms with Crippen molar-refractivity contribution in [3.05, 3.63) is 28.2 Å². The molecular formula is C16H20Cl2O4. The summed E-state index contributed by atoms with van der Waals surface area (Å²) in [4.78, 5) is 23.3. The van der Waals surface area contributed by atoms with Gasteiger partial charge in [-0.1, -0.05) is 43.1 Å². The van der Waals surface area contributed by atoms with Crippen LogP contribution in [0.3, 0.4) is 0 Å². The van der Waals surface area contributed by atoms with E-state index in [-0.39, 0.29) is 29.7 Å². The molecule has 0 spiro atoms. The second-order valence-corrected chi connectivity index (χ2v) is 6.24. The molecule has 0 saturated carbocycles. The van der Waals surface area contributed by atoms with Gasteiger partial charge in [0.05, 0.1) is 24.0 Å². The quantitative estimate of drug-likeness (QED) is 0.532. The first kappa shape index (κ1) is 18.8. The Balaban J connectivity index is 2.40. The maximum Gasteiger partial charge on any atom is 0.311 e. The average molecular weight is 347 g/mol. The number of esters is 2. The number of ether oxygens (including phenoxy) is 2. The van der Waals surface area contributed by atoms with Gasteiger partial charge >= 0.3 is 11.9 Å². The molecule has 122 valence electrons. The molecule has 1 unspecified atom stereocenters. The third-order valence-electron chi connectivity index (χ3n) is 2.81. The average Bonchev–Trinajstić information content (AvgIpc) is 2.40. The summed E-state index contributed by atoms with van der Waals surface area (Å²) >= 11 is 11.7. The molecule has 0 radical (unpaired) electrons. The standard InChI is InChI=1S/C16H20Cl2O4/c1-10(2)9-11(3)21-14(19)7-8-15(20)22-13-6-4-5-12(17)16(13)18/h4-6,10-11H,7-9H2,1-3H3. The molecule has 0 aliphatic heterocycles. The Morgan fingerprint density at radius 3 is 2.36 bits per heavy atom. The zero-order chi connectivity index (χ0) is 16.7. The molecule has 0 aliphatic rings. The van der Waals surface area contributed by atoms with Crippen LogP contribution in [-0.4, -0.2) is 18.0 Å². The van der Waals surface area contributed by atoms with Gasteiger partial charge in [0.1, 0.15) is 5.02 Å². The van der Waals surface area contributed by atoms with Gasteiger partial charge in [0, 0.05) is 0 Å². The molecule has 1 aromatic rings. The van der Waals surface area contributed by atoms with Crippen LogP contribution in [0.4, 0.5) is 0 Å². The summed E-state index contributed by atoms with van der Waals surface area (Å²) < 4.78 is 10.3. The van der Waals surface area contributed by atoms with E-state index in [0.29, 0.717) is 10.9 Å². The van der Waals surface area contributed by atoms with Crippen LogP contribution in [0.15, 0.2) is 18.2 Å². The molecule has 0 amide bonds. The molecule has 0 bridgehead atoms. The molecule has 0 saturated heterocycles. The van der Waals surface area contributed by atoms with Crippen molar-refractivity contribution in [3.63, 3.8) is 0 Å². The predicted molar refractivity (Wildman–Crippen MR) is 86.3 cm³/mol. The van der Waals surface area contributed by atoms with Crippen molar-refractivity contribution >= 4 is 35.1 Å². The molecule has 22 heavy (non-hydrogen) atoms. The zero-order valence-corrected chi connectivity index (χ0v) is 14.4. The Bertz CT molecular complexity index is 529. The van der Waals surface area contributed by atoms with Crippen molar-refractivity contribution in [1.82, 2.24) is 0 Å². The van der Waals surface area contributed by atoms with E-state index in [1.807, 2.05) is 6.92 Å². The van der Waals surface area contributed by atoms with E-state index < -0.39 is 11.9 Å². The van der Waals surface area contributed by atoms with Crippen LogP contribution in [0.25, 0.3) is 0 Å². The minimum Gasteiger partial charge on any atom is -0.463 e. The summed E-state index contributed by atoms with van der Waals surface area (Å²) in [6.45, 7) is 5.94. The minimum absolute atomic E-state index is 0.0283. The number of carbonyl (C=O) groups is 2. The number of benzene rings is 1. The molecule has 1 atom stereocenters. The number of carbonyl (C=O) groups excluding carboxylic acids is 2. The Kier molecular flexibility index (Phi) is 7.69. The van der Waals surface area contributed by atoms with Gasteiger partial charge in [-0.3, -0.25) is 9.59 Å². The first-order valence-electron chi connectivity index (χ1n) is 7.13. The van der Waals surface area contributed by atoms with Crippen molar-refractivity contribution in [3.8, 4) is 5.75 Å². The Labute approximate surface area is 140 Å². The lowest BCUT2D eigenvalue weighted by atomic mass is 10.1. The van der Waals surface area contributed by atoms with Gasteiger partial charge in [0.2, 0.25) is 0 Å². The summed E-state index contributed by atoms with van der Waals surface area (Å²) in [7, 11) is 0. The van der Waals surface area contributed by atoms with E-state index in [0.717, 1.165) is 6.42 Å². The Morgan fingerprint density at radius 1 is 1.09 bits per heavy atom. The van der Waals surface area contributed by atoms with Gasteiger partial charge in [0.25, 0.3) is 0 Å². The fraction of sp³-hybridized carbons (Fsp3) is 0.500. The molecule has 4 nitrogen and oxygen atoms in total. The summed E-state index contributed by atoms with van der Waals surface area (Å²) in [6, 6.07) is 4.75. The maximum absolute atomic E-state index is 11.7. The summed E-state index contributed by atoms with van der Waals surface area (Å²) in [6.07, 6.45) is 0.523. The third kappa shape index (κ3) is 6.67. The highest BCUT2D eigenvalue weighted by atomic mass is 35.5. The highest BCUT2D eigenvalue weighted by molar-refractivity contribution is 6.43. The molecule has 0 fully saturated rings. The van der Waals surface area contributed by atoms with Crippen molar-refractivity contribution in [1.29, 1.82) is 0 Å². The van der Waals surface area contributed by atoms with Crippen LogP contribution in [0.5, 0.6) is 5.75 Å². The largest absolute Gasteiger partial charge is 0.463 e. The normalized spacial score (nSPS) is 12.1.